The number of benzene rings is 2. The maximum Gasteiger partial charge on any atom is 0.573 e. The Balaban J connectivity index is 1.31. The molecule has 8 nitrogen and oxygen atoms in total. The zero-order chi connectivity index (χ0) is 42.1. The fourth-order valence-corrected chi connectivity index (χ4v) is 11.2. The molecule has 1 aliphatic heterocycles. The van der Waals surface area contributed by atoms with Gasteiger partial charge in [0.1, 0.15) is 5.75 Å². The monoisotopic (exact) mass is 821 g/mol. The average Bonchev–Trinajstić information content (AvgIpc) is 3.80. The molecule has 2 aromatic carbocycles. The molecule has 3 fully saturated rings. The Morgan fingerprint density at radius 2 is 1.69 bits per heavy atom. The third kappa shape index (κ3) is 7.21. The summed E-state index contributed by atoms with van der Waals surface area (Å²) in [4.78, 5) is 46.2. The second-order valence-electron chi connectivity index (χ2n) is 18.2. The first-order chi connectivity index (χ1) is 27.1. The topological polar surface area (TPSA) is 113 Å². The molecule has 312 valence electrons. The number of carbonyl (C=O) groups excluding carboxylic acids is 3. The molecule has 0 radical (unpaired) electrons. The molecule has 12 heteroatoms. The van der Waals surface area contributed by atoms with Gasteiger partial charge in [-0.25, -0.2) is 0 Å². The second kappa shape index (κ2) is 14.9. The Labute approximate surface area is 342 Å². The third-order valence-electron chi connectivity index (χ3n) is 14.6. The van der Waals surface area contributed by atoms with Crippen LogP contribution in [0.1, 0.15) is 129 Å². The van der Waals surface area contributed by atoms with Crippen LogP contribution in [0.4, 0.5) is 13.2 Å². The minimum absolute atomic E-state index is 0.0716. The highest BCUT2D eigenvalue weighted by Gasteiger charge is 2.76. The molecular formula is C46H54F3NO7S. The molecule has 5 aliphatic rings. The minimum Gasteiger partial charge on any atom is -0.448 e. The zero-order valence-corrected chi connectivity index (χ0v) is 34.9. The lowest BCUT2D eigenvalue weighted by atomic mass is 9.64. The predicted octanol–water partition coefficient (Wildman–Crippen LogP) is 9.38. The molecule has 1 saturated heterocycles. The van der Waals surface area contributed by atoms with Crippen LogP contribution >= 0.6 is 11.3 Å². The van der Waals surface area contributed by atoms with Crippen LogP contribution in [0.25, 0.3) is 0 Å². The number of ether oxygens (including phenoxy) is 2. The molecule has 0 unspecified atom stereocenters. The maximum absolute atomic E-state index is 15.2. The summed E-state index contributed by atoms with van der Waals surface area (Å²) >= 11 is 1.42. The van der Waals surface area contributed by atoms with Crippen LogP contribution in [0.15, 0.2) is 66.2 Å². The lowest BCUT2D eigenvalue weighted by Crippen LogP contribution is -2.60. The van der Waals surface area contributed by atoms with E-state index in [1.54, 1.807) is 0 Å². The molecule has 58 heavy (non-hydrogen) atoms. The summed E-state index contributed by atoms with van der Waals surface area (Å²) in [7, 11) is 0. The van der Waals surface area contributed by atoms with E-state index in [0.29, 0.717) is 73.8 Å². The van der Waals surface area contributed by atoms with Crippen LogP contribution in [0.2, 0.25) is 0 Å². The molecule has 2 N–H and O–H groups in total. The van der Waals surface area contributed by atoms with Crippen molar-refractivity contribution in [1.82, 2.24) is 4.90 Å². The van der Waals surface area contributed by atoms with Crippen molar-refractivity contribution in [2.45, 2.75) is 135 Å². The normalized spacial score (nSPS) is 30.7. The van der Waals surface area contributed by atoms with Crippen LogP contribution in [-0.4, -0.2) is 63.0 Å². The summed E-state index contributed by atoms with van der Waals surface area (Å²) in [5.41, 5.74) is -1.86. The molecule has 1 aromatic heterocycles. The molecular weight excluding hydrogens is 768 g/mol. The van der Waals surface area contributed by atoms with Gasteiger partial charge in [0, 0.05) is 27.8 Å². The van der Waals surface area contributed by atoms with Gasteiger partial charge in [0.2, 0.25) is 5.78 Å². The number of aliphatic hydroxyl groups excluding tert-OH is 1. The highest BCUT2D eigenvalue weighted by molar-refractivity contribution is 7.14. The molecule has 4 bridgehead atoms. The van der Waals surface area contributed by atoms with Crippen LogP contribution in [0.3, 0.4) is 0 Å². The predicted molar refractivity (Wildman–Crippen MR) is 214 cm³/mol. The van der Waals surface area contributed by atoms with Gasteiger partial charge in [0.05, 0.1) is 28.5 Å². The van der Waals surface area contributed by atoms with Crippen molar-refractivity contribution in [2.75, 3.05) is 6.54 Å². The summed E-state index contributed by atoms with van der Waals surface area (Å²) in [5, 5.41) is 24.3. The molecule has 6 atom stereocenters. The molecule has 4 aliphatic carbocycles. The number of ketones is 1. The lowest BCUT2D eigenvalue weighted by molar-refractivity contribution is -0.274. The Morgan fingerprint density at radius 1 is 0.966 bits per heavy atom. The summed E-state index contributed by atoms with van der Waals surface area (Å²) in [5.74, 6) is -1.72. The first-order valence-electron chi connectivity index (χ1n) is 20.3. The number of allylic oxidation sites excluding steroid dienone is 2. The van der Waals surface area contributed by atoms with Gasteiger partial charge in [0.25, 0.3) is 5.91 Å². The number of nitrogens with zero attached hydrogens (tertiary/aromatic N) is 1. The van der Waals surface area contributed by atoms with Gasteiger partial charge in [-0.1, -0.05) is 56.7 Å². The average molecular weight is 822 g/mol. The van der Waals surface area contributed by atoms with E-state index in [-0.39, 0.29) is 24.8 Å². The number of alkyl halides is 3. The number of aliphatic hydroxyl groups is 2. The van der Waals surface area contributed by atoms with E-state index in [0.717, 1.165) is 21.6 Å². The number of carbonyl (C=O) groups is 3. The quantitative estimate of drug-likeness (QED) is 0.132. The summed E-state index contributed by atoms with van der Waals surface area (Å²) in [6, 6.07) is 14.9. The van der Waals surface area contributed by atoms with E-state index in [1.807, 2.05) is 71.9 Å². The second-order valence-corrected chi connectivity index (χ2v) is 19.5. The largest absolute Gasteiger partial charge is 0.573 e. The van der Waals surface area contributed by atoms with E-state index in [4.69, 9.17) is 4.74 Å². The third-order valence-corrected chi connectivity index (χ3v) is 15.6. The molecule has 0 spiro atoms. The SMILES string of the molecule is CC1=CCC[C@@]2(C)[C@@H](CC[C@@]2(O)CN(Cc2ccc(OC(F)(F)F)cc2)C(=O)[C@@]23CC[C@@](C)(C(=O)O2)C3(C)C)c2ccc(cc2C(=O)c2ccc(C)s2)C[C@@H](O)CC1. The van der Waals surface area contributed by atoms with Crippen molar-refractivity contribution in [2.24, 2.45) is 16.2 Å². The molecule has 8 rings (SSSR count). The van der Waals surface area contributed by atoms with Crippen molar-refractivity contribution in [3.63, 3.8) is 0 Å². The Morgan fingerprint density at radius 3 is 2.31 bits per heavy atom. The smallest absolute Gasteiger partial charge is 0.448 e. The summed E-state index contributed by atoms with van der Waals surface area (Å²) in [6.45, 7) is 11.4. The first kappa shape index (κ1) is 42.1. The summed E-state index contributed by atoms with van der Waals surface area (Å²) in [6.07, 6.45) is 0.998. The van der Waals surface area contributed by atoms with Crippen LogP contribution in [0.5, 0.6) is 5.75 Å². The molecule has 1 amide bonds. The number of hydrogen-bond donors (Lipinski definition) is 2. The van der Waals surface area contributed by atoms with Crippen molar-refractivity contribution in [3.05, 3.63) is 98.3 Å². The van der Waals surface area contributed by atoms with E-state index in [9.17, 15) is 33.0 Å². The Bertz CT molecular complexity index is 2130. The number of aryl methyl sites for hydroxylation is 1. The highest BCUT2D eigenvalue weighted by Crippen LogP contribution is 2.66. The maximum atomic E-state index is 15.2. The van der Waals surface area contributed by atoms with Gasteiger partial charge in [-0.3, -0.25) is 14.4 Å². The van der Waals surface area contributed by atoms with Crippen molar-refractivity contribution >= 4 is 29.0 Å². The Kier molecular flexibility index (Phi) is 10.8. The number of hydrogen-bond acceptors (Lipinski definition) is 8. The lowest BCUT2D eigenvalue weighted by Gasteiger charge is -2.47. The fraction of sp³-hybridized carbons (Fsp3) is 0.543. The van der Waals surface area contributed by atoms with Crippen LogP contribution in [0, 0.1) is 23.2 Å². The van der Waals surface area contributed by atoms with Gasteiger partial charge < -0.3 is 24.6 Å². The van der Waals surface area contributed by atoms with Gasteiger partial charge in [-0.2, -0.15) is 0 Å². The van der Waals surface area contributed by atoms with Crippen LogP contribution in [-0.2, 0) is 27.3 Å². The van der Waals surface area contributed by atoms with E-state index < -0.39 is 57.5 Å². The van der Waals surface area contributed by atoms with E-state index in [1.165, 1.54) is 40.5 Å². The van der Waals surface area contributed by atoms with E-state index >= 15 is 4.79 Å². The van der Waals surface area contributed by atoms with Crippen molar-refractivity contribution in [1.29, 1.82) is 0 Å². The number of halogens is 3. The molecule has 2 saturated carbocycles. The Hall–Kier alpha value is -4.00. The fourth-order valence-electron chi connectivity index (χ4n) is 10.4. The summed E-state index contributed by atoms with van der Waals surface area (Å²) < 4.78 is 49.3. The first-order valence-corrected chi connectivity index (χ1v) is 21.1. The van der Waals surface area contributed by atoms with Gasteiger partial charge >= 0.3 is 12.3 Å². The number of esters is 1. The zero-order valence-electron chi connectivity index (χ0n) is 34.1. The molecule has 3 aromatic rings. The van der Waals surface area contributed by atoms with Gasteiger partial charge in [0.15, 0.2) is 5.60 Å². The standard InChI is InChI=1S/C46H54F3NO7S/c1-28-8-7-20-42(5)36(34-17-13-31(24-32(51)14-9-28)25-35(34)38(52)37-18-10-29(2)58-37)19-21-44(42,55)27-50(26-30-11-15-33(16-12-30)56-46(47,48)49)39(53)45-23-22-43(6,40(54)57-45)41(45,3)4/h8,10-13,15-18,25,32,36,51,55H,7,9,14,19-24,26-27H2,1-6H3/t32-,36-,42-,43-,44+,45+/m0/s1. The number of amides is 1. The van der Waals surface area contributed by atoms with Crippen molar-refractivity contribution < 1.29 is 47.2 Å². The van der Waals surface area contributed by atoms with E-state index in [2.05, 4.69) is 10.8 Å². The number of rotatable bonds is 8. The van der Waals surface area contributed by atoms with Crippen LogP contribution < -0.4 is 4.74 Å². The molecule has 2 heterocycles. The van der Waals surface area contributed by atoms with Gasteiger partial charge in [-0.05, 0) is 131 Å². The highest BCUT2D eigenvalue weighted by atomic mass is 32.1. The van der Waals surface area contributed by atoms with Gasteiger partial charge in [-0.15, -0.1) is 24.5 Å². The minimum atomic E-state index is -4.87. The van der Waals surface area contributed by atoms with Crippen molar-refractivity contribution in [3.8, 4) is 5.75 Å². The number of thiophene rings is 1. The number of fused-ring (bicyclic) bond motifs is 10.